The van der Waals surface area contributed by atoms with Gasteiger partial charge in [0, 0.05) is 17.3 Å². The minimum Gasteiger partial charge on any atom is -0.457 e. The molecule has 2 aromatic carbocycles. The minimum atomic E-state index is -1.30. The van der Waals surface area contributed by atoms with Crippen molar-refractivity contribution in [2.24, 2.45) is 0 Å². The number of hydrogen-bond donors (Lipinski definition) is 1. The second-order valence-corrected chi connectivity index (χ2v) is 5.02. The first-order valence-corrected chi connectivity index (χ1v) is 6.81. The number of ether oxygens (including phenoxy) is 1. The second kappa shape index (κ2) is 4.43. The van der Waals surface area contributed by atoms with Gasteiger partial charge in [-0.05, 0) is 24.3 Å². The Morgan fingerprint density at radius 1 is 0.762 bits per heavy atom. The van der Waals surface area contributed by atoms with Crippen LogP contribution in [-0.4, -0.2) is 10.1 Å². The van der Waals surface area contributed by atoms with Gasteiger partial charge in [-0.15, -0.1) is 0 Å². The summed E-state index contributed by atoms with van der Waals surface area (Å²) in [4.78, 5) is 4.37. The monoisotopic (exact) mass is 275 g/mol. The van der Waals surface area contributed by atoms with Gasteiger partial charge in [0.05, 0.1) is 5.69 Å². The average Bonchev–Trinajstić information content (AvgIpc) is 2.56. The lowest BCUT2D eigenvalue weighted by Gasteiger charge is -2.35. The SMILES string of the molecule is OC1(c2ccccn2)c2ccccc2Oc2ccccc21. The van der Waals surface area contributed by atoms with Crippen LogP contribution in [0.2, 0.25) is 0 Å². The number of rotatable bonds is 1. The lowest BCUT2D eigenvalue weighted by molar-refractivity contribution is 0.108. The van der Waals surface area contributed by atoms with Crippen LogP contribution in [-0.2, 0) is 5.60 Å². The van der Waals surface area contributed by atoms with Crippen LogP contribution in [0.4, 0.5) is 0 Å². The van der Waals surface area contributed by atoms with Crippen LogP contribution in [0, 0.1) is 0 Å². The Labute approximate surface area is 122 Å². The van der Waals surface area contributed by atoms with Gasteiger partial charge in [0.1, 0.15) is 11.5 Å². The summed E-state index contributed by atoms with van der Waals surface area (Å²) in [6.45, 7) is 0. The van der Waals surface area contributed by atoms with Gasteiger partial charge in [0.25, 0.3) is 0 Å². The van der Waals surface area contributed by atoms with Crippen molar-refractivity contribution >= 4 is 0 Å². The van der Waals surface area contributed by atoms with Gasteiger partial charge < -0.3 is 9.84 Å². The van der Waals surface area contributed by atoms with Crippen molar-refractivity contribution < 1.29 is 9.84 Å². The Hall–Kier alpha value is -2.65. The molecule has 0 saturated carbocycles. The Balaban J connectivity index is 2.06. The number of para-hydroxylation sites is 2. The predicted molar refractivity (Wildman–Crippen MR) is 79.3 cm³/mol. The van der Waals surface area contributed by atoms with Crippen LogP contribution in [0.15, 0.2) is 72.9 Å². The molecule has 0 spiro atoms. The Morgan fingerprint density at radius 2 is 1.33 bits per heavy atom. The molecule has 1 aliphatic rings. The molecule has 1 aromatic heterocycles. The van der Waals surface area contributed by atoms with E-state index >= 15 is 0 Å². The molecule has 3 aromatic rings. The van der Waals surface area contributed by atoms with Crippen molar-refractivity contribution in [3.8, 4) is 11.5 Å². The summed E-state index contributed by atoms with van der Waals surface area (Å²) in [6, 6.07) is 20.6. The van der Waals surface area contributed by atoms with Crippen molar-refractivity contribution in [3.05, 3.63) is 89.7 Å². The van der Waals surface area contributed by atoms with Gasteiger partial charge in [0.2, 0.25) is 0 Å². The normalized spacial score (nSPS) is 14.7. The maximum absolute atomic E-state index is 11.5. The largest absolute Gasteiger partial charge is 0.457 e. The molecule has 0 amide bonds. The van der Waals surface area contributed by atoms with E-state index in [4.69, 9.17) is 4.74 Å². The summed E-state index contributed by atoms with van der Waals surface area (Å²) >= 11 is 0. The quantitative estimate of drug-likeness (QED) is 0.739. The molecule has 1 N–H and O–H groups in total. The van der Waals surface area contributed by atoms with Crippen molar-refractivity contribution in [2.75, 3.05) is 0 Å². The molecule has 21 heavy (non-hydrogen) atoms. The highest BCUT2D eigenvalue weighted by molar-refractivity contribution is 5.59. The molecule has 3 heteroatoms. The first-order chi connectivity index (χ1) is 10.3. The zero-order valence-corrected chi connectivity index (χ0v) is 11.2. The lowest BCUT2D eigenvalue weighted by atomic mass is 9.80. The minimum absolute atomic E-state index is 0.591. The average molecular weight is 275 g/mol. The highest BCUT2D eigenvalue weighted by Gasteiger charge is 2.42. The third kappa shape index (κ3) is 1.68. The van der Waals surface area contributed by atoms with Gasteiger partial charge in [-0.2, -0.15) is 0 Å². The number of nitrogens with zero attached hydrogens (tertiary/aromatic N) is 1. The van der Waals surface area contributed by atoms with Crippen LogP contribution in [0.3, 0.4) is 0 Å². The summed E-state index contributed by atoms with van der Waals surface area (Å²) in [6.07, 6.45) is 1.69. The van der Waals surface area contributed by atoms with Gasteiger partial charge in [0.15, 0.2) is 5.60 Å². The van der Waals surface area contributed by atoms with E-state index in [2.05, 4.69) is 4.98 Å². The Bertz CT molecular complexity index is 754. The third-order valence-corrected chi connectivity index (χ3v) is 3.81. The second-order valence-electron chi connectivity index (χ2n) is 5.02. The third-order valence-electron chi connectivity index (χ3n) is 3.81. The van der Waals surface area contributed by atoms with Crippen molar-refractivity contribution in [1.29, 1.82) is 0 Å². The van der Waals surface area contributed by atoms with Crippen LogP contribution < -0.4 is 4.74 Å². The topological polar surface area (TPSA) is 42.4 Å². The highest BCUT2D eigenvalue weighted by Crippen LogP contribution is 2.49. The summed E-state index contributed by atoms with van der Waals surface area (Å²) in [5.74, 6) is 1.31. The molecule has 0 bridgehead atoms. The molecule has 0 unspecified atom stereocenters. The number of aliphatic hydroxyl groups is 1. The zero-order valence-electron chi connectivity index (χ0n) is 11.2. The molecule has 2 heterocycles. The van der Waals surface area contributed by atoms with E-state index in [9.17, 15) is 5.11 Å². The standard InChI is InChI=1S/C18H13NO2/c20-18(17-11-5-6-12-19-17)13-7-1-3-9-15(13)21-16-10-4-2-8-14(16)18/h1-12,20H. The fourth-order valence-corrected chi connectivity index (χ4v) is 2.83. The molecular formula is C18H13NO2. The fraction of sp³-hybridized carbons (Fsp3) is 0.0556. The smallest absolute Gasteiger partial charge is 0.164 e. The molecule has 0 fully saturated rings. The Kier molecular flexibility index (Phi) is 2.56. The molecule has 4 rings (SSSR count). The van der Waals surface area contributed by atoms with Crippen molar-refractivity contribution in [2.45, 2.75) is 5.60 Å². The molecule has 3 nitrogen and oxygen atoms in total. The van der Waals surface area contributed by atoms with E-state index in [1.54, 1.807) is 6.20 Å². The lowest BCUT2D eigenvalue weighted by Crippen LogP contribution is -2.33. The molecule has 1 aliphatic heterocycles. The van der Waals surface area contributed by atoms with Crippen molar-refractivity contribution in [3.63, 3.8) is 0 Å². The predicted octanol–water partition coefficient (Wildman–Crippen LogP) is 3.47. The summed E-state index contributed by atoms with van der Waals surface area (Å²) in [5, 5.41) is 11.5. The van der Waals surface area contributed by atoms with Gasteiger partial charge in [-0.25, -0.2) is 0 Å². The summed E-state index contributed by atoms with van der Waals surface area (Å²) < 4.78 is 5.91. The maximum atomic E-state index is 11.5. The summed E-state index contributed by atoms with van der Waals surface area (Å²) in [7, 11) is 0. The van der Waals surface area contributed by atoms with Gasteiger partial charge in [-0.1, -0.05) is 42.5 Å². The molecule has 102 valence electrons. The van der Waals surface area contributed by atoms with E-state index in [1.165, 1.54) is 0 Å². The number of hydrogen-bond acceptors (Lipinski definition) is 3. The van der Waals surface area contributed by atoms with Gasteiger partial charge in [-0.3, -0.25) is 4.98 Å². The fourth-order valence-electron chi connectivity index (χ4n) is 2.83. The van der Waals surface area contributed by atoms with Gasteiger partial charge >= 0.3 is 0 Å². The van der Waals surface area contributed by atoms with Crippen LogP contribution in [0.1, 0.15) is 16.8 Å². The van der Waals surface area contributed by atoms with E-state index in [-0.39, 0.29) is 0 Å². The highest BCUT2D eigenvalue weighted by atomic mass is 16.5. The Morgan fingerprint density at radius 3 is 1.90 bits per heavy atom. The first kappa shape index (κ1) is 12.1. The van der Waals surface area contributed by atoms with Crippen LogP contribution in [0.25, 0.3) is 0 Å². The van der Waals surface area contributed by atoms with E-state index in [0.717, 1.165) is 0 Å². The summed E-state index contributed by atoms with van der Waals surface area (Å²) in [5.41, 5.74) is 0.713. The number of fused-ring (bicyclic) bond motifs is 2. The first-order valence-electron chi connectivity index (χ1n) is 6.81. The maximum Gasteiger partial charge on any atom is 0.164 e. The van der Waals surface area contributed by atoms with Crippen LogP contribution in [0.5, 0.6) is 11.5 Å². The van der Waals surface area contributed by atoms with Crippen LogP contribution >= 0.6 is 0 Å². The molecular weight excluding hydrogens is 262 g/mol. The molecule has 0 atom stereocenters. The molecule has 0 aliphatic carbocycles. The zero-order chi connectivity index (χ0) is 14.3. The number of pyridine rings is 1. The number of benzene rings is 2. The van der Waals surface area contributed by atoms with Crippen molar-refractivity contribution in [1.82, 2.24) is 4.98 Å². The van der Waals surface area contributed by atoms with E-state index in [0.29, 0.717) is 28.3 Å². The van der Waals surface area contributed by atoms with E-state index in [1.807, 2.05) is 66.7 Å². The van der Waals surface area contributed by atoms with E-state index < -0.39 is 5.60 Å². The molecule has 0 saturated heterocycles. The number of aromatic nitrogens is 1. The molecule has 0 radical (unpaired) electrons.